The van der Waals surface area contributed by atoms with Gasteiger partial charge in [-0.2, -0.15) is 0 Å². The Morgan fingerprint density at radius 3 is 2.80 bits per heavy atom. The summed E-state index contributed by atoms with van der Waals surface area (Å²) in [4.78, 5) is 0. The minimum atomic E-state index is -0.242. The van der Waals surface area contributed by atoms with Gasteiger partial charge in [0, 0.05) is 19.1 Å². The maximum Gasteiger partial charge on any atom is 0.0692 e. The predicted molar refractivity (Wildman–Crippen MR) is 83.6 cm³/mol. The van der Waals surface area contributed by atoms with Crippen LogP contribution in [0.5, 0.6) is 0 Å². The van der Waals surface area contributed by atoms with Crippen molar-refractivity contribution in [3.05, 3.63) is 35.4 Å². The van der Waals surface area contributed by atoms with Gasteiger partial charge in [0.25, 0.3) is 0 Å². The van der Waals surface area contributed by atoms with E-state index in [0.29, 0.717) is 18.5 Å². The Morgan fingerprint density at radius 2 is 2.05 bits per heavy atom. The maximum absolute atomic E-state index is 10.3. The number of benzene rings is 1. The van der Waals surface area contributed by atoms with Gasteiger partial charge in [0.2, 0.25) is 0 Å². The average Bonchev–Trinajstić information content (AvgIpc) is 2.68. The van der Waals surface area contributed by atoms with E-state index in [9.17, 15) is 5.11 Å². The van der Waals surface area contributed by atoms with Gasteiger partial charge in [-0.05, 0) is 30.0 Å². The Balaban J connectivity index is 1.99. The molecule has 0 bridgehead atoms. The number of aliphatic hydroxyl groups is 1. The lowest BCUT2D eigenvalue weighted by Crippen LogP contribution is -2.35. The lowest BCUT2D eigenvalue weighted by atomic mass is 9.95. The summed E-state index contributed by atoms with van der Waals surface area (Å²) in [5, 5.41) is 17.3. The monoisotopic (exact) mass is 276 g/mol. The van der Waals surface area contributed by atoms with Crippen molar-refractivity contribution < 1.29 is 5.11 Å². The second-order valence-electron chi connectivity index (χ2n) is 5.77. The average molecular weight is 276 g/mol. The summed E-state index contributed by atoms with van der Waals surface area (Å²) in [6, 6.07) is 8.96. The van der Waals surface area contributed by atoms with Crippen molar-refractivity contribution in [3.8, 4) is 0 Å². The topological polar surface area (TPSA) is 44.3 Å². The van der Waals surface area contributed by atoms with E-state index in [4.69, 9.17) is 0 Å². The van der Waals surface area contributed by atoms with E-state index in [1.54, 1.807) is 0 Å². The third-order valence-electron chi connectivity index (χ3n) is 4.52. The highest BCUT2D eigenvalue weighted by Gasteiger charge is 2.20. The fourth-order valence-corrected chi connectivity index (χ4v) is 3.13. The number of nitrogens with one attached hydrogen (secondary N) is 2. The van der Waals surface area contributed by atoms with Crippen LogP contribution in [-0.4, -0.2) is 24.3 Å². The molecule has 1 aliphatic heterocycles. The molecule has 3 nitrogen and oxygen atoms in total. The molecule has 0 radical (unpaired) electrons. The summed E-state index contributed by atoms with van der Waals surface area (Å²) in [5.74, 6) is 0.404. The van der Waals surface area contributed by atoms with E-state index in [2.05, 4.69) is 48.7 Å². The molecule has 1 aromatic rings. The van der Waals surface area contributed by atoms with E-state index in [1.807, 2.05) is 0 Å². The molecule has 3 heteroatoms. The van der Waals surface area contributed by atoms with E-state index >= 15 is 0 Å². The summed E-state index contributed by atoms with van der Waals surface area (Å²) in [6.07, 6.45) is 2.92. The predicted octanol–water partition coefficient (Wildman–Crippen LogP) is 2.61. The van der Waals surface area contributed by atoms with E-state index in [-0.39, 0.29) is 6.10 Å². The van der Waals surface area contributed by atoms with Gasteiger partial charge in [-0.25, -0.2) is 0 Å². The minimum absolute atomic E-state index is 0.242. The van der Waals surface area contributed by atoms with Crippen LogP contribution in [0.25, 0.3) is 0 Å². The van der Waals surface area contributed by atoms with Gasteiger partial charge in [0.05, 0.1) is 6.10 Å². The largest absolute Gasteiger partial charge is 0.392 e. The van der Waals surface area contributed by atoms with Crippen molar-refractivity contribution in [3.63, 3.8) is 0 Å². The molecule has 0 aliphatic carbocycles. The zero-order valence-electron chi connectivity index (χ0n) is 12.7. The van der Waals surface area contributed by atoms with Crippen LogP contribution in [0.3, 0.4) is 0 Å². The summed E-state index contributed by atoms with van der Waals surface area (Å²) < 4.78 is 0. The summed E-state index contributed by atoms with van der Waals surface area (Å²) in [6.45, 7) is 6.97. The molecule has 0 spiro atoms. The SMILES string of the molecule is CCC(CC)C(O)CNC1CCNCc2ccccc21. The van der Waals surface area contributed by atoms with Gasteiger partial charge in [-0.1, -0.05) is 51.0 Å². The first kappa shape index (κ1) is 15.5. The summed E-state index contributed by atoms with van der Waals surface area (Å²) >= 11 is 0. The lowest BCUT2D eigenvalue weighted by molar-refractivity contribution is 0.0979. The Labute approximate surface area is 122 Å². The molecule has 1 aromatic carbocycles. The van der Waals surface area contributed by atoms with Crippen molar-refractivity contribution in [1.29, 1.82) is 0 Å². The smallest absolute Gasteiger partial charge is 0.0692 e. The molecule has 0 saturated carbocycles. The van der Waals surface area contributed by atoms with Crippen molar-refractivity contribution in [2.24, 2.45) is 5.92 Å². The Bertz CT molecular complexity index is 404. The minimum Gasteiger partial charge on any atom is -0.392 e. The maximum atomic E-state index is 10.3. The third-order valence-corrected chi connectivity index (χ3v) is 4.52. The van der Waals surface area contributed by atoms with Crippen LogP contribution in [0.1, 0.15) is 50.3 Å². The number of rotatable bonds is 6. The molecule has 2 atom stereocenters. The lowest BCUT2D eigenvalue weighted by Gasteiger charge is -2.25. The van der Waals surface area contributed by atoms with Crippen LogP contribution in [-0.2, 0) is 6.54 Å². The molecule has 2 rings (SSSR count). The van der Waals surface area contributed by atoms with Crippen LogP contribution in [0, 0.1) is 5.92 Å². The highest BCUT2D eigenvalue weighted by Crippen LogP contribution is 2.24. The van der Waals surface area contributed by atoms with Gasteiger partial charge in [0.1, 0.15) is 0 Å². The molecular weight excluding hydrogens is 248 g/mol. The molecule has 0 fully saturated rings. The van der Waals surface area contributed by atoms with E-state index in [0.717, 1.165) is 32.4 Å². The number of aliphatic hydroxyl groups excluding tert-OH is 1. The normalized spacial score (nSPS) is 20.5. The van der Waals surface area contributed by atoms with Crippen molar-refractivity contribution in [2.75, 3.05) is 13.1 Å². The van der Waals surface area contributed by atoms with Gasteiger partial charge in [0.15, 0.2) is 0 Å². The third kappa shape index (κ3) is 3.81. The molecule has 2 unspecified atom stereocenters. The Kier molecular flexibility index (Phi) is 6.02. The quantitative estimate of drug-likeness (QED) is 0.748. The standard InChI is InChI=1S/C17H28N2O/c1-3-13(4-2)17(20)12-19-16-9-10-18-11-14-7-5-6-8-15(14)16/h5-8,13,16-20H,3-4,9-12H2,1-2H3. The molecule has 1 aliphatic rings. The molecule has 112 valence electrons. The second kappa shape index (κ2) is 7.77. The van der Waals surface area contributed by atoms with Gasteiger partial charge in [-0.3, -0.25) is 0 Å². The zero-order chi connectivity index (χ0) is 14.4. The van der Waals surface area contributed by atoms with Crippen molar-refractivity contribution in [2.45, 2.75) is 51.8 Å². The Hall–Kier alpha value is -0.900. The first-order valence-corrected chi connectivity index (χ1v) is 7.96. The molecule has 1 heterocycles. The van der Waals surface area contributed by atoms with Gasteiger partial charge < -0.3 is 15.7 Å². The zero-order valence-corrected chi connectivity index (χ0v) is 12.7. The van der Waals surface area contributed by atoms with Crippen molar-refractivity contribution >= 4 is 0 Å². The van der Waals surface area contributed by atoms with Crippen molar-refractivity contribution in [1.82, 2.24) is 10.6 Å². The first-order chi connectivity index (χ1) is 9.76. The van der Waals surface area contributed by atoms with Gasteiger partial charge in [-0.15, -0.1) is 0 Å². The first-order valence-electron chi connectivity index (χ1n) is 7.96. The second-order valence-corrected chi connectivity index (χ2v) is 5.77. The highest BCUT2D eigenvalue weighted by molar-refractivity contribution is 5.31. The molecule has 0 saturated heterocycles. The van der Waals surface area contributed by atoms with Crippen LogP contribution < -0.4 is 10.6 Å². The number of fused-ring (bicyclic) bond motifs is 1. The molecule has 20 heavy (non-hydrogen) atoms. The molecule has 0 amide bonds. The fourth-order valence-electron chi connectivity index (χ4n) is 3.13. The fraction of sp³-hybridized carbons (Fsp3) is 0.647. The molecule has 3 N–H and O–H groups in total. The highest BCUT2D eigenvalue weighted by atomic mass is 16.3. The Morgan fingerprint density at radius 1 is 1.30 bits per heavy atom. The van der Waals surface area contributed by atoms with Crippen LogP contribution >= 0.6 is 0 Å². The van der Waals surface area contributed by atoms with Gasteiger partial charge >= 0.3 is 0 Å². The molecule has 0 aromatic heterocycles. The van der Waals surface area contributed by atoms with Crippen LogP contribution in [0.15, 0.2) is 24.3 Å². The van der Waals surface area contributed by atoms with Crippen LogP contribution in [0.2, 0.25) is 0 Å². The molecular formula is C17H28N2O. The van der Waals surface area contributed by atoms with E-state index < -0.39 is 0 Å². The number of hydrogen-bond donors (Lipinski definition) is 3. The van der Waals surface area contributed by atoms with E-state index in [1.165, 1.54) is 11.1 Å². The van der Waals surface area contributed by atoms with Crippen LogP contribution in [0.4, 0.5) is 0 Å². The number of hydrogen-bond acceptors (Lipinski definition) is 3. The summed E-state index contributed by atoms with van der Waals surface area (Å²) in [7, 11) is 0. The summed E-state index contributed by atoms with van der Waals surface area (Å²) in [5.41, 5.74) is 2.76.